The minimum Gasteiger partial charge on any atom is -0.292 e. The standard InChI is InChI=1S/C15H8O2S7/c16-9(7-3-1-5-19-7)11-12(10(17)8-4-2-6-20-8)22-14-13(21-11)23-15(18)24-14/h1-6,11-12H. The molecule has 1 aliphatic heterocycles. The number of rotatable bonds is 4. The first-order valence-electron chi connectivity index (χ1n) is 6.76. The maximum Gasteiger partial charge on any atom is 0.187 e. The number of Topliss-reactive ketones (excluding diaryl/α,β-unsaturated/α-hetero) is 2. The van der Waals surface area contributed by atoms with E-state index in [1.807, 2.05) is 35.0 Å². The van der Waals surface area contributed by atoms with Crippen LogP contribution in [0.1, 0.15) is 19.3 Å². The van der Waals surface area contributed by atoms with Crippen LogP contribution in [-0.4, -0.2) is 22.1 Å². The molecule has 4 rings (SSSR count). The van der Waals surface area contributed by atoms with E-state index in [9.17, 15) is 9.59 Å². The Morgan fingerprint density at radius 3 is 1.67 bits per heavy atom. The summed E-state index contributed by atoms with van der Waals surface area (Å²) in [7, 11) is 0. The second kappa shape index (κ2) is 7.14. The van der Waals surface area contributed by atoms with Gasteiger partial charge in [0.05, 0.1) is 28.7 Å². The Kier molecular flexibility index (Phi) is 5.10. The van der Waals surface area contributed by atoms with Gasteiger partial charge in [-0.1, -0.05) is 47.9 Å². The normalized spacial score (nSPS) is 19.8. The summed E-state index contributed by atoms with van der Waals surface area (Å²) in [6.45, 7) is 0. The van der Waals surface area contributed by atoms with Gasteiger partial charge in [0.25, 0.3) is 0 Å². The Labute approximate surface area is 167 Å². The van der Waals surface area contributed by atoms with Gasteiger partial charge in [0, 0.05) is 0 Å². The van der Waals surface area contributed by atoms with E-state index in [0.717, 1.165) is 11.6 Å². The van der Waals surface area contributed by atoms with E-state index in [4.69, 9.17) is 12.2 Å². The molecule has 4 heterocycles. The minimum atomic E-state index is -0.406. The number of carbonyl (C=O) groups is 2. The van der Waals surface area contributed by atoms with Gasteiger partial charge in [-0.25, -0.2) is 0 Å². The summed E-state index contributed by atoms with van der Waals surface area (Å²) in [6, 6.07) is 7.40. The maximum atomic E-state index is 13.0. The molecule has 2 unspecified atom stereocenters. The third-order valence-corrected chi connectivity index (χ3v) is 11.3. The average Bonchev–Trinajstić information content (AvgIpc) is 3.31. The zero-order chi connectivity index (χ0) is 16.7. The highest BCUT2D eigenvalue weighted by molar-refractivity contribution is 8.10. The second-order valence-electron chi connectivity index (χ2n) is 4.79. The van der Waals surface area contributed by atoms with E-state index in [1.165, 1.54) is 68.9 Å². The van der Waals surface area contributed by atoms with Crippen molar-refractivity contribution in [1.29, 1.82) is 0 Å². The summed E-state index contributed by atoms with van der Waals surface area (Å²) in [4.78, 5) is 27.4. The second-order valence-corrected chi connectivity index (χ2v) is 12.7. The number of thioether (sulfide) groups is 2. The molecule has 0 fully saturated rings. The predicted octanol–water partition coefficient (Wildman–Crippen LogP) is 6.36. The van der Waals surface area contributed by atoms with Gasteiger partial charge in [-0.3, -0.25) is 9.59 Å². The smallest absolute Gasteiger partial charge is 0.187 e. The van der Waals surface area contributed by atoms with Gasteiger partial charge < -0.3 is 0 Å². The number of ketones is 2. The first-order chi connectivity index (χ1) is 11.6. The molecule has 3 aromatic heterocycles. The molecule has 0 saturated carbocycles. The Morgan fingerprint density at radius 1 is 0.833 bits per heavy atom. The van der Waals surface area contributed by atoms with E-state index >= 15 is 0 Å². The van der Waals surface area contributed by atoms with Gasteiger partial charge >= 0.3 is 0 Å². The van der Waals surface area contributed by atoms with Crippen molar-refractivity contribution in [2.24, 2.45) is 0 Å². The SMILES string of the molecule is O=C(c1cccs1)C1Sc2sc(=S)sc2SC1C(=O)c1cccs1. The lowest BCUT2D eigenvalue weighted by Crippen LogP contribution is -2.36. The molecule has 3 aromatic rings. The van der Waals surface area contributed by atoms with Crippen molar-refractivity contribution in [2.45, 2.75) is 18.9 Å². The molecule has 0 bridgehead atoms. The third-order valence-electron chi connectivity index (χ3n) is 3.31. The molecule has 0 saturated heterocycles. The van der Waals surface area contributed by atoms with E-state index in [0.29, 0.717) is 9.75 Å². The summed E-state index contributed by atoms with van der Waals surface area (Å²) in [5.74, 6) is 0.0692. The molecule has 2 atom stereocenters. The summed E-state index contributed by atoms with van der Waals surface area (Å²) in [5, 5.41) is 2.97. The zero-order valence-corrected chi connectivity index (χ0v) is 17.5. The molecule has 1 aliphatic rings. The lowest BCUT2D eigenvalue weighted by Gasteiger charge is -2.27. The quantitative estimate of drug-likeness (QED) is 0.345. The Bertz CT molecular complexity index is 858. The van der Waals surface area contributed by atoms with Crippen molar-refractivity contribution in [2.75, 3.05) is 0 Å². The number of hydrogen-bond donors (Lipinski definition) is 0. The molecule has 122 valence electrons. The van der Waals surface area contributed by atoms with Gasteiger partial charge in [-0.15, -0.1) is 45.3 Å². The van der Waals surface area contributed by atoms with Crippen LogP contribution in [0.4, 0.5) is 0 Å². The van der Waals surface area contributed by atoms with Crippen LogP contribution in [0.25, 0.3) is 0 Å². The lowest BCUT2D eigenvalue weighted by molar-refractivity contribution is 0.0934. The first kappa shape index (κ1) is 17.1. The monoisotopic (exact) mass is 444 g/mol. The predicted molar refractivity (Wildman–Crippen MR) is 110 cm³/mol. The van der Waals surface area contributed by atoms with Crippen molar-refractivity contribution in [1.82, 2.24) is 0 Å². The lowest BCUT2D eigenvalue weighted by atomic mass is 10.1. The van der Waals surface area contributed by atoms with Crippen molar-refractivity contribution >= 4 is 92.7 Å². The fourth-order valence-corrected chi connectivity index (χ4v) is 10.6. The van der Waals surface area contributed by atoms with Crippen LogP contribution in [0.5, 0.6) is 0 Å². The molecule has 2 nitrogen and oxygen atoms in total. The number of carbonyl (C=O) groups excluding carboxylic acids is 2. The van der Waals surface area contributed by atoms with Gasteiger partial charge in [-0.2, -0.15) is 0 Å². The molecular formula is C15H8O2S7. The molecule has 0 amide bonds. The molecule has 0 aromatic carbocycles. The van der Waals surface area contributed by atoms with E-state index in [2.05, 4.69) is 0 Å². The summed E-state index contributed by atoms with van der Waals surface area (Å²) in [5.41, 5.74) is 0. The van der Waals surface area contributed by atoms with Crippen LogP contribution in [0, 0.1) is 3.14 Å². The first-order valence-corrected chi connectivity index (χ1v) is 12.3. The minimum absolute atomic E-state index is 0.0346. The van der Waals surface area contributed by atoms with Gasteiger partial charge in [0.1, 0.15) is 3.14 Å². The van der Waals surface area contributed by atoms with Crippen LogP contribution in [0.15, 0.2) is 43.4 Å². The van der Waals surface area contributed by atoms with Crippen LogP contribution in [0.3, 0.4) is 0 Å². The van der Waals surface area contributed by atoms with Crippen LogP contribution in [-0.2, 0) is 0 Å². The molecule has 24 heavy (non-hydrogen) atoms. The summed E-state index contributed by atoms with van der Waals surface area (Å²) >= 11 is 14.2. The Balaban J connectivity index is 1.74. The summed E-state index contributed by atoms with van der Waals surface area (Å²) in [6.07, 6.45) is 0. The van der Waals surface area contributed by atoms with Gasteiger partial charge in [0.2, 0.25) is 0 Å². The number of hydrogen-bond acceptors (Lipinski definition) is 9. The molecule has 0 aliphatic carbocycles. The molecule has 9 heteroatoms. The molecule has 0 radical (unpaired) electrons. The molecular weight excluding hydrogens is 437 g/mol. The number of thiophene rings is 2. The van der Waals surface area contributed by atoms with Crippen molar-refractivity contribution < 1.29 is 9.59 Å². The topological polar surface area (TPSA) is 34.1 Å². The van der Waals surface area contributed by atoms with Gasteiger partial charge in [0.15, 0.2) is 11.6 Å². The maximum absolute atomic E-state index is 13.0. The van der Waals surface area contributed by atoms with Crippen LogP contribution in [0.2, 0.25) is 0 Å². The zero-order valence-electron chi connectivity index (χ0n) is 11.8. The van der Waals surface area contributed by atoms with Crippen molar-refractivity contribution in [3.63, 3.8) is 0 Å². The van der Waals surface area contributed by atoms with Gasteiger partial charge in [-0.05, 0) is 22.9 Å². The van der Waals surface area contributed by atoms with E-state index < -0.39 is 10.5 Å². The fraction of sp³-hybridized carbons (Fsp3) is 0.133. The van der Waals surface area contributed by atoms with Crippen molar-refractivity contribution in [3.05, 3.63) is 47.9 Å². The largest absolute Gasteiger partial charge is 0.292 e. The van der Waals surface area contributed by atoms with Crippen LogP contribution >= 0.6 is 81.1 Å². The highest BCUT2D eigenvalue weighted by Crippen LogP contribution is 2.52. The number of fused-ring (bicyclic) bond motifs is 1. The van der Waals surface area contributed by atoms with Crippen molar-refractivity contribution in [3.8, 4) is 0 Å². The Hall–Kier alpha value is -0.290. The van der Waals surface area contributed by atoms with E-state index in [-0.39, 0.29) is 11.6 Å². The molecule has 0 N–H and O–H groups in total. The van der Waals surface area contributed by atoms with Crippen LogP contribution < -0.4 is 0 Å². The summed E-state index contributed by atoms with van der Waals surface area (Å²) < 4.78 is 2.98. The highest BCUT2D eigenvalue weighted by atomic mass is 32.2. The third kappa shape index (κ3) is 3.23. The average molecular weight is 445 g/mol. The Morgan fingerprint density at radius 2 is 1.29 bits per heavy atom. The van der Waals surface area contributed by atoms with E-state index in [1.54, 1.807) is 0 Å². The highest BCUT2D eigenvalue weighted by Gasteiger charge is 2.41. The fourth-order valence-electron chi connectivity index (χ4n) is 2.25. The molecule has 0 spiro atoms.